The van der Waals surface area contributed by atoms with Gasteiger partial charge in [0.1, 0.15) is 5.82 Å². The van der Waals surface area contributed by atoms with Crippen LogP contribution in [0.2, 0.25) is 0 Å². The van der Waals surface area contributed by atoms with E-state index >= 15 is 0 Å². The molecule has 0 amide bonds. The van der Waals surface area contributed by atoms with Gasteiger partial charge in [-0.1, -0.05) is 6.92 Å². The van der Waals surface area contributed by atoms with Crippen molar-refractivity contribution in [3.05, 3.63) is 18.2 Å². The summed E-state index contributed by atoms with van der Waals surface area (Å²) in [5.41, 5.74) is 5.28. The van der Waals surface area contributed by atoms with Gasteiger partial charge in [0.15, 0.2) is 0 Å². The fraction of sp³-hybridized carbons (Fsp3) is 0.769. The highest BCUT2D eigenvalue weighted by Gasteiger charge is 2.33. The number of aliphatic hydroxyl groups is 1. The number of nitrogens with two attached hydrogens (primary N) is 1. The van der Waals surface area contributed by atoms with Crippen LogP contribution in [-0.4, -0.2) is 26.3 Å². The summed E-state index contributed by atoms with van der Waals surface area (Å²) in [6.07, 6.45) is 9.01. The summed E-state index contributed by atoms with van der Waals surface area (Å²) in [5, 5.41) is 10.5. The molecule has 1 fully saturated rings. The molecule has 1 aromatic rings. The lowest BCUT2D eigenvalue weighted by molar-refractivity contribution is -0.00213. The highest BCUT2D eigenvalue weighted by Crippen LogP contribution is 2.30. The number of hydrogen-bond donors (Lipinski definition) is 2. The Kier molecular flexibility index (Phi) is 3.84. The lowest BCUT2D eigenvalue weighted by Gasteiger charge is -2.34. The normalized spacial score (nSPS) is 29.5. The molecule has 0 spiro atoms. The van der Waals surface area contributed by atoms with Gasteiger partial charge in [0.2, 0.25) is 0 Å². The number of aromatic nitrogens is 2. The van der Waals surface area contributed by atoms with Crippen LogP contribution in [0.3, 0.4) is 0 Å². The Morgan fingerprint density at radius 3 is 2.88 bits per heavy atom. The molecule has 0 aliphatic heterocycles. The van der Waals surface area contributed by atoms with Crippen molar-refractivity contribution < 1.29 is 5.11 Å². The standard InChI is InChI=1S/C13H23N3O/c1-2-8-16-9-7-15-12(16)10-13(17)5-3-11(14)4-6-13/h7,9,11,17H,2-6,8,10,14H2,1H3. The number of rotatable bonds is 4. The first-order valence-electron chi connectivity index (χ1n) is 6.61. The molecule has 2 rings (SSSR count). The van der Waals surface area contributed by atoms with Crippen molar-refractivity contribution in [1.29, 1.82) is 0 Å². The number of aryl methyl sites for hydroxylation is 1. The van der Waals surface area contributed by atoms with E-state index in [1.807, 2.05) is 12.4 Å². The highest BCUT2D eigenvalue weighted by atomic mass is 16.3. The smallest absolute Gasteiger partial charge is 0.111 e. The quantitative estimate of drug-likeness (QED) is 0.833. The predicted molar refractivity (Wildman–Crippen MR) is 67.6 cm³/mol. The zero-order chi connectivity index (χ0) is 12.3. The average molecular weight is 237 g/mol. The van der Waals surface area contributed by atoms with Gasteiger partial charge in [-0.05, 0) is 32.1 Å². The van der Waals surface area contributed by atoms with Gasteiger partial charge in [-0.25, -0.2) is 4.98 Å². The van der Waals surface area contributed by atoms with Crippen LogP contribution in [0.4, 0.5) is 0 Å². The van der Waals surface area contributed by atoms with Gasteiger partial charge in [0.25, 0.3) is 0 Å². The molecular weight excluding hydrogens is 214 g/mol. The van der Waals surface area contributed by atoms with E-state index < -0.39 is 5.60 Å². The summed E-state index contributed by atoms with van der Waals surface area (Å²) in [6, 6.07) is 0.269. The minimum atomic E-state index is -0.591. The van der Waals surface area contributed by atoms with Crippen molar-refractivity contribution in [1.82, 2.24) is 9.55 Å². The molecule has 3 N–H and O–H groups in total. The molecule has 1 aromatic heterocycles. The lowest BCUT2D eigenvalue weighted by Crippen LogP contribution is -2.41. The van der Waals surface area contributed by atoms with Gasteiger partial charge in [-0.15, -0.1) is 0 Å². The summed E-state index contributed by atoms with van der Waals surface area (Å²) in [6.45, 7) is 3.13. The van der Waals surface area contributed by atoms with E-state index in [0.29, 0.717) is 6.42 Å². The molecule has 1 heterocycles. The fourth-order valence-corrected chi connectivity index (χ4v) is 2.60. The van der Waals surface area contributed by atoms with Crippen LogP contribution in [0.25, 0.3) is 0 Å². The van der Waals surface area contributed by atoms with E-state index in [9.17, 15) is 5.11 Å². The maximum Gasteiger partial charge on any atom is 0.111 e. The third kappa shape index (κ3) is 3.07. The maximum absolute atomic E-state index is 10.5. The molecule has 0 aromatic carbocycles. The van der Waals surface area contributed by atoms with E-state index in [0.717, 1.165) is 44.5 Å². The Balaban J connectivity index is 2.01. The van der Waals surface area contributed by atoms with Gasteiger partial charge in [0, 0.05) is 31.4 Å². The third-order valence-corrected chi connectivity index (χ3v) is 3.71. The van der Waals surface area contributed by atoms with Gasteiger partial charge >= 0.3 is 0 Å². The van der Waals surface area contributed by atoms with Crippen LogP contribution in [0, 0.1) is 0 Å². The van der Waals surface area contributed by atoms with Crippen molar-refractivity contribution in [2.75, 3.05) is 0 Å². The fourth-order valence-electron chi connectivity index (χ4n) is 2.60. The minimum Gasteiger partial charge on any atom is -0.389 e. The summed E-state index contributed by atoms with van der Waals surface area (Å²) < 4.78 is 2.15. The van der Waals surface area contributed by atoms with E-state index in [1.165, 1.54) is 0 Å². The van der Waals surface area contributed by atoms with Gasteiger partial charge < -0.3 is 15.4 Å². The lowest BCUT2D eigenvalue weighted by atomic mass is 9.80. The molecule has 1 aliphatic carbocycles. The Bertz CT molecular complexity index is 353. The Morgan fingerprint density at radius 1 is 1.53 bits per heavy atom. The third-order valence-electron chi connectivity index (χ3n) is 3.71. The summed E-state index contributed by atoms with van der Waals surface area (Å²) in [4.78, 5) is 4.36. The van der Waals surface area contributed by atoms with Crippen molar-refractivity contribution in [3.8, 4) is 0 Å². The number of nitrogens with zero attached hydrogens (tertiary/aromatic N) is 2. The van der Waals surface area contributed by atoms with Crippen LogP contribution in [-0.2, 0) is 13.0 Å². The molecule has 0 saturated heterocycles. The van der Waals surface area contributed by atoms with Crippen LogP contribution in [0.15, 0.2) is 12.4 Å². The predicted octanol–water partition coefficient (Wildman–Crippen LogP) is 1.47. The number of hydrogen-bond acceptors (Lipinski definition) is 3. The first-order chi connectivity index (χ1) is 8.13. The van der Waals surface area contributed by atoms with Crippen molar-refractivity contribution >= 4 is 0 Å². The minimum absolute atomic E-state index is 0.269. The largest absolute Gasteiger partial charge is 0.389 e. The molecule has 0 unspecified atom stereocenters. The second-order valence-electron chi connectivity index (χ2n) is 5.28. The van der Waals surface area contributed by atoms with Crippen LogP contribution >= 0.6 is 0 Å². The molecule has 4 heteroatoms. The van der Waals surface area contributed by atoms with Gasteiger partial charge in [-0.3, -0.25) is 0 Å². The van der Waals surface area contributed by atoms with E-state index in [-0.39, 0.29) is 6.04 Å². The molecule has 1 saturated carbocycles. The SMILES string of the molecule is CCCn1ccnc1CC1(O)CCC(N)CC1. The molecule has 1 aliphatic rings. The van der Waals surface area contributed by atoms with Crippen molar-refractivity contribution in [2.24, 2.45) is 5.73 Å². The van der Waals surface area contributed by atoms with Gasteiger partial charge in [-0.2, -0.15) is 0 Å². The topological polar surface area (TPSA) is 64.1 Å². The first kappa shape index (κ1) is 12.6. The summed E-state index contributed by atoms with van der Waals surface area (Å²) in [7, 11) is 0. The van der Waals surface area contributed by atoms with E-state index in [1.54, 1.807) is 0 Å². The summed E-state index contributed by atoms with van der Waals surface area (Å²) in [5.74, 6) is 1.00. The van der Waals surface area contributed by atoms with Crippen molar-refractivity contribution in [3.63, 3.8) is 0 Å². The second-order valence-corrected chi connectivity index (χ2v) is 5.28. The zero-order valence-electron chi connectivity index (χ0n) is 10.6. The Morgan fingerprint density at radius 2 is 2.24 bits per heavy atom. The van der Waals surface area contributed by atoms with E-state index in [4.69, 9.17) is 5.73 Å². The van der Waals surface area contributed by atoms with Crippen LogP contribution in [0.1, 0.15) is 44.9 Å². The average Bonchev–Trinajstić information content (AvgIpc) is 2.71. The van der Waals surface area contributed by atoms with E-state index in [2.05, 4.69) is 16.5 Å². The monoisotopic (exact) mass is 237 g/mol. The van der Waals surface area contributed by atoms with Crippen molar-refractivity contribution in [2.45, 2.75) is 63.6 Å². The molecular formula is C13H23N3O. The second kappa shape index (κ2) is 5.19. The molecule has 4 nitrogen and oxygen atoms in total. The Hall–Kier alpha value is -0.870. The Labute approximate surface area is 103 Å². The first-order valence-corrected chi connectivity index (χ1v) is 6.61. The molecule has 0 atom stereocenters. The molecule has 17 heavy (non-hydrogen) atoms. The number of imidazole rings is 1. The summed E-state index contributed by atoms with van der Waals surface area (Å²) >= 11 is 0. The zero-order valence-corrected chi connectivity index (χ0v) is 10.6. The molecule has 96 valence electrons. The molecule has 0 bridgehead atoms. The molecule has 0 radical (unpaired) electrons. The van der Waals surface area contributed by atoms with Crippen LogP contribution in [0.5, 0.6) is 0 Å². The van der Waals surface area contributed by atoms with Crippen LogP contribution < -0.4 is 5.73 Å². The highest BCUT2D eigenvalue weighted by molar-refractivity contribution is 5.00. The van der Waals surface area contributed by atoms with Gasteiger partial charge in [0.05, 0.1) is 5.60 Å². The maximum atomic E-state index is 10.5.